The maximum Gasteiger partial charge on any atom is 0.317 e. The van der Waals surface area contributed by atoms with Gasteiger partial charge in [0, 0.05) is 51.4 Å². The number of piperazine rings is 1. The zero-order valence-corrected chi connectivity index (χ0v) is 15.5. The van der Waals surface area contributed by atoms with Gasteiger partial charge in [-0.3, -0.25) is 9.69 Å². The maximum absolute atomic E-state index is 12.3. The summed E-state index contributed by atoms with van der Waals surface area (Å²) in [6.07, 6.45) is 7.23. The molecule has 1 aromatic heterocycles. The largest absolute Gasteiger partial charge is 0.337 e. The number of aromatic nitrogens is 1. The van der Waals surface area contributed by atoms with Gasteiger partial charge in [-0.05, 0) is 31.4 Å². The molecule has 0 bridgehead atoms. The second-order valence-corrected chi connectivity index (χ2v) is 7.21. The smallest absolute Gasteiger partial charge is 0.317 e. The van der Waals surface area contributed by atoms with Gasteiger partial charge in [-0.25, -0.2) is 9.78 Å². The van der Waals surface area contributed by atoms with E-state index in [0.717, 1.165) is 37.8 Å². The summed E-state index contributed by atoms with van der Waals surface area (Å²) in [5, 5.41) is 5.59. The Morgan fingerprint density at radius 2 is 1.88 bits per heavy atom. The number of nitrogens with one attached hydrogen (secondary N) is 2. The van der Waals surface area contributed by atoms with Crippen molar-refractivity contribution in [1.82, 2.24) is 20.1 Å². The number of anilines is 1. The zero-order chi connectivity index (χ0) is 18.4. The second kappa shape index (κ2) is 8.98. The van der Waals surface area contributed by atoms with Crippen molar-refractivity contribution in [3.05, 3.63) is 23.9 Å². The van der Waals surface area contributed by atoms with E-state index in [0.29, 0.717) is 12.4 Å². The minimum atomic E-state index is -0.146. The van der Waals surface area contributed by atoms with Crippen LogP contribution in [0.2, 0.25) is 0 Å². The maximum atomic E-state index is 12.3. The van der Waals surface area contributed by atoms with E-state index in [1.165, 1.54) is 25.7 Å². The molecule has 2 aliphatic rings. The number of aryl methyl sites for hydroxylation is 1. The Balaban J connectivity index is 1.32. The van der Waals surface area contributed by atoms with Gasteiger partial charge in [-0.15, -0.1) is 0 Å². The third-order valence-electron chi connectivity index (χ3n) is 5.25. The molecule has 1 aromatic rings. The van der Waals surface area contributed by atoms with Crippen LogP contribution in [-0.4, -0.2) is 65.5 Å². The molecule has 1 aliphatic heterocycles. The van der Waals surface area contributed by atoms with Crippen LogP contribution in [0.4, 0.5) is 10.6 Å². The molecule has 0 radical (unpaired) electrons. The third kappa shape index (κ3) is 5.17. The molecular formula is C19H29N5O2. The van der Waals surface area contributed by atoms with Gasteiger partial charge in [0.2, 0.25) is 5.91 Å². The number of rotatable bonds is 5. The van der Waals surface area contributed by atoms with Gasteiger partial charge in [-0.1, -0.05) is 18.9 Å². The monoisotopic (exact) mass is 359 g/mol. The van der Waals surface area contributed by atoms with Gasteiger partial charge >= 0.3 is 6.03 Å². The van der Waals surface area contributed by atoms with Crippen molar-refractivity contribution in [3.8, 4) is 0 Å². The molecule has 7 nitrogen and oxygen atoms in total. The highest BCUT2D eigenvalue weighted by atomic mass is 16.2. The van der Waals surface area contributed by atoms with Crippen molar-refractivity contribution < 1.29 is 9.59 Å². The van der Waals surface area contributed by atoms with Gasteiger partial charge < -0.3 is 15.5 Å². The standard InChI is InChI=1S/C19H29N5O2/c1-15-6-7-17(21-14-15)22-18(25)8-9-20-19(26)24-12-10-23(11-13-24)16-4-2-3-5-16/h6-7,14,16H,2-5,8-13H2,1H3,(H,20,26)(H,21,22,25). The van der Waals surface area contributed by atoms with Crippen molar-refractivity contribution in [2.45, 2.75) is 45.1 Å². The number of carbonyl (C=O) groups is 2. The van der Waals surface area contributed by atoms with Crippen LogP contribution in [0.3, 0.4) is 0 Å². The summed E-state index contributed by atoms with van der Waals surface area (Å²) >= 11 is 0. The molecule has 2 N–H and O–H groups in total. The highest BCUT2D eigenvalue weighted by molar-refractivity contribution is 5.90. The van der Waals surface area contributed by atoms with E-state index in [-0.39, 0.29) is 18.4 Å². The van der Waals surface area contributed by atoms with E-state index >= 15 is 0 Å². The van der Waals surface area contributed by atoms with E-state index in [4.69, 9.17) is 0 Å². The Labute approximate surface area is 155 Å². The van der Waals surface area contributed by atoms with Crippen molar-refractivity contribution in [2.24, 2.45) is 0 Å². The first-order chi connectivity index (χ1) is 12.6. The SMILES string of the molecule is Cc1ccc(NC(=O)CCNC(=O)N2CCN(C3CCCC3)CC2)nc1. The van der Waals surface area contributed by atoms with Crippen LogP contribution in [0.1, 0.15) is 37.7 Å². The highest BCUT2D eigenvalue weighted by Crippen LogP contribution is 2.24. The van der Waals surface area contributed by atoms with Crippen LogP contribution in [0, 0.1) is 6.92 Å². The fraction of sp³-hybridized carbons (Fsp3) is 0.632. The zero-order valence-electron chi connectivity index (χ0n) is 15.5. The molecular weight excluding hydrogens is 330 g/mol. The average molecular weight is 359 g/mol. The Kier molecular flexibility index (Phi) is 6.44. The Hall–Kier alpha value is -2.15. The summed E-state index contributed by atoms with van der Waals surface area (Å²) < 4.78 is 0. The van der Waals surface area contributed by atoms with Crippen LogP contribution in [0.25, 0.3) is 0 Å². The van der Waals surface area contributed by atoms with E-state index < -0.39 is 0 Å². The molecule has 26 heavy (non-hydrogen) atoms. The average Bonchev–Trinajstić information content (AvgIpc) is 3.18. The summed E-state index contributed by atoms with van der Waals surface area (Å²) in [5.74, 6) is 0.391. The van der Waals surface area contributed by atoms with Gasteiger partial charge in [-0.2, -0.15) is 0 Å². The number of urea groups is 1. The third-order valence-corrected chi connectivity index (χ3v) is 5.25. The number of carbonyl (C=O) groups excluding carboxylic acids is 2. The van der Waals surface area contributed by atoms with Crippen LogP contribution >= 0.6 is 0 Å². The second-order valence-electron chi connectivity index (χ2n) is 7.21. The van der Waals surface area contributed by atoms with E-state index in [2.05, 4.69) is 20.5 Å². The van der Waals surface area contributed by atoms with Gasteiger partial charge in [0.1, 0.15) is 5.82 Å². The molecule has 3 amide bonds. The van der Waals surface area contributed by atoms with Gasteiger partial charge in [0.25, 0.3) is 0 Å². The summed E-state index contributed by atoms with van der Waals surface area (Å²) in [6, 6.07) is 4.32. The molecule has 0 aromatic carbocycles. The van der Waals surface area contributed by atoms with E-state index in [9.17, 15) is 9.59 Å². The topological polar surface area (TPSA) is 77.6 Å². The molecule has 0 atom stereocenters. The van der Waals surface area contributed by atoms with Crippen LogP contribution < -0.4 is 10.6 Å². The van der Waals surface area contributed by atoms with Gasteiger partial charge in [0.05, 0.1) is 0 Å². The van der Waals surface area contributed by atoms with Crippen LogP contribution in [0.15, 0.2) is 18.3 Å². The molecule has 3 rings (SSSR count). The summed E-state index contributed by atoms with van der Waals surface area (Å²) in [5.41, 5.74) is 1.04. The number of hydrogen-bond acceptors (Lipinski definition) is 4. The van der Waals surface area contributed by atoms with Crippen molar-refractivity contribution >= 4 is 17.8 Å². The molecule has 1 aliphatic carbocycles. The molecule has 142 valence electrons. The Morgan fingerprint density at radius 1 is 1.15 bits per heavy atom. The molecule has 1 saturated heterocycles. The first-order valence-electron chi connectivity index (χ1n) is 9.61. The molecule has 0 unspecified atom stereocenters. The van der Waals surface area contributed by atoms with Crippen molar-refractivity contribution in [3.63, 3.8) is 0 Å². The minimum Gasteiger partial charge on any atom is -0.337 e. The lowest BCUT2D eigenvalue weighted by Crippen LogP contribution is -2.54. The minimum absolute atomic E-state index is 0.0719. The van der Waals surface area contributed by atoms with Crippen molar-refractivity contribution in [2.75, 3.05) is 38.0 Å². The van der Waals surface area contributed by atoms with Crippen molar-refractivity contribution in [1.29, 1.82) is 0 Å². The fourth-order valence-corrected chi connectivity index (χ4v) is 3.70. The summed E-state index contributed by atoms with van der Waals surface area (Å²) in [7, 11) is 0. The molecule has 7 heteroatoms. The first-order valence-corrected chi connectivity index (χ1v) is 9.61. The highest BCUT2D eigenvalue weighted by Gasteiger charge is 2.27. The molecule has 2 fully saturated rings. The Morgan fingerprint density at radius 3 is 2.54 bits per heavy atom. The number of nitrogens with zero attached hydrogens (tertiary/aromatic N) is 3. The van der Waals surface area contributed by atoms with E-state index in [1.807, 2.05) is 17.9 Å². The predicted molar refractivity (Wildman–Crippen MR) is 101 cm³/mol. The lowest BCUT2D eigenvalue weighted by molar-refractivity contribution is -0.116. The lowest BCUT2D eigenvalue weighted by atomic mass is 10.2. The predicted octanol–water partition coefficient (Wildman–Crippen LogP) is 1.99. The summed E-state index contributed by atoms with van der Waals surface area (Å²) in [6.45, 7) is 5.72. The first kappa shape index (κ1) is 18.6. The number of amides is 3. The Bertz CT molecular complexity index is 605. The molecule has 2 heterocycles. The molecule has 1 saturated carbocycles. The summed E-state index contributed by atoms with van der Waals surface area (Å²) in [4.78, 5) is 32.7. The number of hydrogen-bond donors (Lipinski definition) is 2. The van der Waals surface area contributed by atoms with Crippen LogP contribution in [-0.2, 0) is 4.79 Å². The molecule has 0 spiro atoms. The van der Waals surface area contributed by atoms with E-state index in [1.54, 1.807) is 12.3 Å². The normalized spacial score (nSPS) is 18.7. The van der Waals surface area contributed by atoms with Gasteiger partial charge in [0.15, 0.2) is 0 Å². The quantitative estimate of drug-likeness (QED) is 0.843. The lowest BCUT2D eigenvalue weighted by Gasteiger charge is -2.38. The fourth-order valence-electron chi connectivity index (χ4n) is 3.70. The van der Waals surface area contributed by atoms with Crippen LogP contribution in [0.5, 0.6) is 0 Å². The number of pyridine rings is 1.